The topological polar surface area (TPSA) is 113 Å². The molecule has 5 rings (SSSR count). The van der Waals surface area contributed by atoms with Crippen LogP contribution in [-0.2, 0) is 27.3 Å². The number of hydrogen-bond donors (Lipinski definition) is 1. The fraction of sp³-hybridized carbons (Fsp3) is 0.467. The number of rotatable bonds is 10. The zero-order chi connectivity index (χ0) is 28.2. The summed E-state index contributed by atoms with van der Waals surface area (Å²) in [6.07, 6.45) is 1.34. The Kier molecular flexibility index (Phi) is 8.78. The summed E-state index contributed by atoms with van der Waals surface area (Å²) in [5.74, 6) is 0.0673. The molecule has 0 aliphatic carbocycles. The first-order chi connectivity index (χ1) is 19.4. The Labute approximate surface area is 234 Å². The number of carbonyl (C=O) groups is 4. The van der Waals surface area contributed by atoms with Crippen LogP contribution >= 0.6 is 0 Å². The number of ether oxygens (including phenoxy) is 2. The van der Waals surface area contributed by atoms with Gasteiger partial charge in [-0.3, -0.25) is 14.4 Å². The molecule has 2 aromatic rings. The van der Waals surface area contributed by atoms with Crippen molar-refractivity contribution in [3.05, 3.63) is 64.7 Å². The molecule has 2 unspecified atom stereocenters. The highest BCUT2D eigenvalue weighted by molar-refractivity contribution is 6.64. The quantitative estimate of drug-likeness (QED) is 0.275. The molecule has 1 amide bonds. The van der Waals surface area contributed by atoms with E-state index >= 15 is 0 Å². The normalized spacial score (nSPS) is 23.2. The first-order valence-electron chi connectivity index (χ1n) is 13.9. The third kappa shape index (κ3) is 5.89. The number of carbonyl (C=O) groups excluding carboxylic acids is 4. The number of Topliss-reactive ketones (excluding diaryl/α,β-unsaturated/α-hetero) is 2. The highest BCUT2D eigenvalue weighted by atomic mass is 16.5. The standard InChI is InChI=1S/C30H34BN2O7/c1-2-40-29-12-20(30(38)33-22-13-24(35)14-23(33)17-39-16-22)7-8-25(29)27(36)9-10-28(37)26-11-19-5-3-4-6-21(19)15-32(26)31-18-34/h3-8,12,18,22-23,26,28,37H,2,9-11,13-17H2,1H3/t22?,23?,26-,28+/m0/s1. The summed E-state index contributed by atoms with van der Waals surface area (Å²) in [6.45, 7) is 3.31. The van der Waals surface area contributed by atoms with Crippen LogP contribution in [0, 0.1) is 0 Å². The van der Waals surface area contributed by atoms with Crippen molar-refractivity contribution in [1.82, 2.24) is 9.71 Å². The maximum atomic E-state index is 13.5. The third-order valence-corrected chi connectivity index (χ3v) is 8.09. The zero-order valence-corrected chi connectivity index (χ0v) is 22.7. The number of ketones is 2. The molecule has 4 atom stereocenters. The Balaban J connectivity index is 1.28. The molecule has 0 aromatic heterocycles. The average Bonchev–Trinajstić information content (AvgIpc) is 2.95. The fourth-order valence-corrected chi connectivity index (χ4v) is 6.14. The maximum absolute atomic E-state index is 13.5. The van der Waals surface area contributed by atoms with Crippen LogP contribution in [0.1, 0.15) is 64.4 Å². The van der Waals surface area contributed by atoms with Gasteiger partial charge in [0.2, 0.25) is 0 Å². The van der Waals surface area contributed by atoms with Gasteiger partial charge in [-0.15, -0.1) is 0 Å². The second-order valence-electron chi connectivity index (χ2n) is 10.7. The van der Waals surface area contributed by atoms with Gasteiger partial charge in [-0.1, -0.05) is 24.3 Å². The molecule has 40 heavy (non-hydrogen) atoms. The van der Waals surface area contributed by atoms with E-state index in [1.165, 1.54) is 7.41 Å². The predicted molar refractivity (Wildman–Crippen MR) is 148 cm³/mol. The molecular formula is C30H34BN2O7. The van der Waals surface area contributed by atoms with E-state index in [4.69, 9.17) is 9.47 Å². The monoisotopic (exact) mass is 545 g/mol. The smallest absolute Gasteiger partial charge is 0.293 e. The van der Waals surface area contributed by atoms with Crippen molar-refractivity contribution in [2.45, 2.75) is 69.8 Å². The van der Waals surface area contributed by atoms with E-state index in [1.807, 2.05) is 36.0 Å². The van der Waals surface area contributed by atoms with Crippen molar-refractivity contribution in [3.8, 4) is 5.75 Å². The predicted octanol–water partition coefficient (Wildman–Crippen LogP) is 2.22. The Morgan fingerprint density at radius 1 is 1.12 bits per heavy atom. The number of piperidine rings is 1. The van der Waals surface area contributed by atoms with Crippen LogP contribution in [0.15, 0.2) is 42.5 Å². The highest BCUT2D eigenvalue weighted by Gasteiger charge is 2.41. The molecule has 3 aliphatic rings. The number of aliphatic hydroxyl groups is 1. The van der Waals surface area contributed by atoms with E-state index in [0.717, 1.165) is 17.3 Å². The van der Waals surface area contributed by atoms with Crippen LogP contribution in [-0.4, -0.2) is 89.9 Å². The van der Waals surface area contributed by atoms with E-state index in [2.05, 4.69) is 0 Å². The van der Waals surface area contributed by atoms with E-state index in [0.29, 0.717) is 49.7 Å². The molecule has 9 nitrogen and oxygen atoms in total. The molecule has 3 heterocycles. The summed E-state index contributed by atoms with van der Waals surface area (Å²) in [5.41, 5.74) is 2.99. The second kappa shape index (κ2) is 12.5. The Bertz CT molecular complexity index is 1270. The minimum Gasteiger partial charge on any atom is -0.493 e. The molecular weight excluding hydrogens is 511 g/mol. The van der Waals surface area contributed by atoms with Crippen molar-refractivity contribution in [2.24, 2.45) is 0 Å². The van der Waals surface area contributed by atoms with Gasteiger partial charge in [0.05, 0.1) is 49.8 Å². The van der Waals surface area contributed by atoms with E-state index in [1.54, 1.807) is 23.1 Å². The molecule has 0 spiro atoms. The summed E-state index contributed by atoms with van der Waals surface area (Å²) in [4.78, 5) is 53.7. The average molecular weight is 545 g/mol. The van der Waals surface area contributed by atoms with Crippen LogP contribution in [0.2, 0.25) is 0 Å². The Morgan fingerprint density at radius 2 is 1.85 bits per heavy atom. The molecule has 10 heteroatoms. The Morgan fingerprint density at radius 3 is 2.55 bits per heavy atom. The van der Waals surface area contributed by atoms with Crippen LogP contribution in [0.3, 0.4) is 0 Å². The van der Waals surface area contributed by atoms with Crippen molar-refractivity contribution >= 4 is 31.1 Å². The van der Waals surface area contributed by atoms with Crippen molar-refractivity contribution in [1.29, 1.82) is 0 Å². The number of aliphatic hydroxyl groups excluding tert-OH is 1. The number of benzene rings is 2. The van der Waals surface area contributed by atoms with Crippen LogP contribution < -0.4 is 4.74 Å². The number of fused-ring (bicyclic) bond motifs is 3. The lowest BCUT2D eigenvalue weighted by atomic mass is 9.81. The zero-order valence-electron chi connectivity index (χ0n) is 22.7. The minimum atomic E-state index is -0.826. The van der Waals surface area contributed by atoms with Crippen molar-refractivity contribution < 1.29 is 33.8 Å². The molecule has 2 saturated heterocycles. The van der Waals surface area contributed by atoms with E-state index in [-0.39, 0.29) is 61.3 Å². The van der Waals surface area contributed by atoms with E-state index < -0.39 is 6.10 Å². The molecule has 1 radical (unpaired) electrons. The third-order valence-electron chi connectivity index (χ3n) is 8.09. The van der Waals surface area contributed by atoms with Gasteiger partial charge in [-0.05, 0) is 49.1 Å². The molecule has 209 valence electrons. The van der Waals surface area contributed by atoms with Gasteiger partial charge in [-0.2, -0.15) is 0 Å². The first-order valence-corrected chi connectivity index (χ1v) is 13.9. The lowest BCUT2D eigenvalue weighted by Crippen LogP contribution is -2.59. The molecule has 1 N–H and O–H groups in total. The number of amides is 1. The summed E-state index contributed by atoms with van der Waals surface area (Å²) < 4.78 is 11.4. The second-order valence-corrected chi connectivity index (χ2v) is 10.7. The number of hydrogen-bond acceptors (Lipinski definition) is 8. The first kappa shape index (κ1) is 28.2. The minimum absolute atomic E-state index is 0.0807. The van der Waals surface area contributed by atoms with Gasteiger partial charge >= 0.3 is 0 Å². The van der Waals surface area contributed by atoms with Gasteiger partial charge < -0.3 is 29.1 Å². The molecule has 3 aliphatic heterocycles. The largest absolute Gasteiger partial charge is 0.493 e. The molecule has 0 saturated carbocycles. The van der Waals surface area contributed by atoms with Gasteiger partial charge in [0, 0.05) is 37.4 Å². The maximum Gasteiger partial charge on any atom is 0.293 e. The highest BCUT2D eigenvalue weighted by Crippen LogP contribution is 2.31. The Hall–Kier alpha value is -3.34. The van der Waals surface area contributed by atoms with Gasteiger partial charge in [0.15, 0.2) is 5.78 Å². The van der Waals surface area contributed by atoms with Gasteiger partial charge in [-0.25, -0.2) is 0 Å². The van der Waals surface area contributed by atoms with Gasteiger partial charge in [0.1, 0.15) is 11.5 Å². The molecule has 2 fully saturated rings. The lowest BCUT2D eigenvalue weighted by Gasteiger charge is -2.45. The fourth-order valence-electron chi connectivity index (χ4n) is 6.14. The van der Waals surface area contributed by atoms with Crippen LogP contribution in [0.25, 0.3) is 0 Å². The van der Waals surface area contributed by atoms with Crippen LogP contribution in [0.4, 0.5) is 0 Å². The van der Waals surface area contributed by atoms with E-state index in [9.17, 15) is 24.3 Å². The van der Waals surface area contributed by atoms with Crippen LogP contribution in [0.5, 0.6) is 5.75 Å². The lowest BCUT2D eigenvalue weighted by molar-refractivity contribution is -0.131. The number of morpholine rings is 1. The number of nitrogens with zero attached hydrogens (tertiary/aromatic N) is 2. The molecule has 2 bridgehead atoms. The van der Waals surface area contributed by atoms with Gasteiger partial charge in [0.25, 0.3) is 13.3 Å². The van der Waals surface area contributed by atoms with Crippen molar-refractivity contribution in [3.63, 3.8) is 0 Å². The summed E-state index contributed by atoms with van der Waals surface area (Å²) in [7, 11) is 1.45. The summed E-state index contributed by atoms with van der Waals surface area (Å²) in [6, 6.07) is 11.9. The van der Waals surface area contributed by atoms with Crippen molar-refractivity contribution in [2.75, 3.05) is 19.8 Å². The summed E-state index contributed by atoms with van der Waals surface area (Å²) >= 11 is 0. The SMILES string of the molecule is CCOc1cc(C(=O)N2C3COCC2CC(=O)C3)ccc1C(=O)CC[C@@H](O)[C@@H]1Cc2ccccc2CN1[B]C=O. The molecule has 2 aromatic carbocycles. The summed E-state index contributed by atoms with van der Waals surface area (Å²) in [5, 5.41) is 11.1.